The molecule has 1 N–H and O–H groups in total. The molecule has 0 bridgehead atoms. The van der Waals surface area contributed by atoms with E-state index >= 15 is 0 Å². The van der Waals surface area contributed by atoms with Crippen LogP contribution in [-0.4, -0.2) is 27.2 Å². The Morgan fingerprint density at radius 1 is 1.40 bits per heavy atom. The van der Waals surface area contributed by atoms with Crippen molar-refractivity contribution in [2.24, 2.45) is 0 Å². The van der Waals surface area contributed by atoms with Crippen LogP contribution >= 0.6 is 11.3 Å². The fourth-order valence-corrected chi connectivity index (χ4v) is 2.96. The SMILES string of the molecule is CCCCNC(=O)c1sc(-n2nc(C)cc2C)nc1C. The molecule has 0 fully saturated rings. The van der Waals surface area contributed by atoms with Gasteiger partial charge in [0.1, 0.15) is 4.88 Å². The number of carbonyl (C=O) groups excluding carboxylic acids is 1. The van der Waals surface area contributed by atoms with E-state index in [-0.39, 0.29) is 5.91 Å². The van der Waals surface area contributed by atoms with Gasteiger partial charge in [0.05, 0.1) is 11.4 Å². The van der Waals surface area contributed by atoms with E-state index in [0.29, 0.717) is 11.4 Å². The number of aryl methyl sites for hydroxylation is 3. The van der Waals surface area contributed by atoms with Gasteiger partial charge in [-0.15, -0.1) is 0 Å². The summed E-state index contributed by atoms with van der Waals surface area (Å²) in [4.78, 5) is 17.2. The minimum atomic E-state index is -0.0405. The minimum absolute atomic E-state index is 0.0405. The van der Waals surface area contributed by atoms with Gasteiger partial charge >= 0.3 is 0 Å². The van der Waals surface area contributed by atoms with E-state index < -0.39 is 0 Å². The molecule has 0 aliphatic rings. The lowest BCUT2D eigenvalue weighted by molar-refractivity contribution is 0.0956. The van der Waals surface area contributed by atoms with Gasteiger partial charge in [-0.25, -0.2) is 9.67 Å². The maximum absolute atomic E-state index is 12.1. The monoisotopic (exact) mass is 292 g/mol. The molecule has 0 aliphatic heterocycles. The molecule has 6 heteroatoms. The Hall–Kier alpha value is -1.69. The molecule has 0 aliphatic carbocycles. The van der Waals surface area contributed by atoms with Gasteiger partial charge in [0.25, 0.3) is 5.91 Å². The van der Waals surface area contributed by atoms with Crippen LogP contribution < -0.4 is 5.32 Å². The number of hydrogen-bond donors (Lipinski definition) is 1. The van der Waals surface area contributed by atoms with Crippen LogP contribution in [-0.2, 0) is 0 Å². The first-order valence-electron chi connectivity index (χ1n) is 6.82. The van der Waals surface area contributed by atoms with Crippen molar-refractivity contribution in [3.8, 4) is 5.13 Å². The molecule has 2 aromatic heterocycles. The molecular weight excluding hydrogens is 272 g/mol. The van der Waals surface area contributed by atoms with E-state index in [9.17, 15) is 4.79 Å². The first-order valence-corrected chi connectivity index (χ1v) is 7.63. The highest BCUT2D eigenvalue weighted by molar-refractivity contribution is 7.16. The lowest BCUT2D eigenvalue weighted by atomic mass is 10.3. The van der Waals surface area contributed by atoms with Crippen molar-refractivity contribution in [1.82, 2.24) is 20.1 Å². The van der Waals surface area contributed by atoms with Gasteiger partial charge in [0.15, 0.2) is 0 Å². The summed E-state index contributed by atoms with van der Waals surface area (Å²) in [6, 6.07) is 2.00. The maximum atomic E-state index is 12.1. The third kappa shape index (κ3) is 3.07. The van der Waals surface area contributed by atoms with Crippen LogP contribution in [0.1, 0.15) is 46.5 Å². The van der Waals surface area contributed by atoms with E-state index in [2.05, 4.69) is 22.3 Å². The molecule has 0 atom stereocenters. The van der Waals surface area contributed by atoms with Crippen molar-refractivity contribution in [1.29, 1.82) is 0 Å². The molecule has 20 heavy (non-hydrogen) atoms. The molecule has 1 amide bonds. The molecule has 0 saturated carbocycles. The minimum Gasteiger partial charge on any atom is -0.351 e. The molecule has 2 heterocycles. The molecule has 2 aromatic rings. The molecule has 2 rings (SSSR count). The average Bonchev–Trinajstić information content (AvgIpc) is 2.92. The zero-order valence-electron chi connectivity index (χ0n) is 12.4. The Morgan fingerprint density at radius 3 is 2.75 bits per heavy atom. The number of aromatic nitrogens is 3. The van der Waals surface area contributed by atoms with Crippen molar-refractivity contribution in [3.05, 3.63) is 28.0 Å². The number of rotatable bonds is 5. The van der Waals surface area contributed by atoms with E-state index in [0.717, 1.165) is 35.1 Å². The quantitative estimate of drug-likeness (QED) is 0.862. The number of unbranched alkanes of at least 4 members (excludes halogenated alkanes) is 1. The number of thiazole rings is 1. The van der Waals surface area contributed by atoms with Crippen LogP contribution in [0.4, 0.5) is 0 Å². The summed E-state index contributed by atoms with van der Waals surface area (Å²) in [5.74, 6) is -0.0405. The molecule has 0 aromatic carbocycles. The van der Waals surface area contributed by atoms with Crippen LogP contribution in [0.15, 0.2) is 6.07 Å². The predicted octanol–water partition coefficient (Wildman–Crippen LogP) is 2.78. The summed E-state index contributed by atoms with van der Waals surface area (Å²) >= 11 is 1.38. The van der Waals surface area contributed by atoms with Gasteiger partial charge in [0, 0.05) is 12.2 Å². The Labute approximate surface area is 123 Å². The van der Waals surface area contributed by atoms with Gasteiger partial charge in [-0.05, 0) is 33.3 Å². The van der Waals surface area contributed by atoms with Crippen molar-refractivity contribution in [3.63, 3.8) is 0 Å². The molecule has 0 radical (unpaired) electrons. The number of amides is 1. The molecule has 108 valence electrons. The van der Waals surface area contributed by atoms with Crippen molar-refractivity contribution >= 4 is 17.2 Å². The Bertz CT molecular complexity index is 615. The van der Waals surface area contributed by atoms with Crippen LogP contribution in [0.25, 0.3) is 5.13 Å². The second kappa shape index (κ2) is 6.17. The van der Waals surface area contributed by atoms with Gasteiger partial charge in [0.2, 0.25) is 5.13 Å². The largest absolute Gasteiger partial charge is 0.351 e. The van der Waals surface area contributed by atoms with Gasteiger partial charge in [-0.2, -0.15) is 5.10 Å². The average molecular weight is 292 g/mol. The highest BCUT2D eigenvalue weighted by Crippen LogP contribution is 2.22. The topological polar surface area (TPSA) is 59.8 Å². The third-order valence-corrected chi connectivity index (χ3v) is 4.13. The molecule has 5 nitrogen and oxygen atoms in total. The maximum Gasteiger partial charge on any atom is 0.263 e. The Morgan fingerprint density at radius 2 is 2.15 bits per heavy atom. The van der Waals surface area contributed by atoms with Crippen LogP contribution in [0.5, 0.6) is 0 Å². The summed E-state index contributed by atoms with van der Waals surface area (Å²) in [5.41, 5.74) is 2.73. The van der Waals surface area contributed by atoms with Crippen LogP contribution in [0.2, 0.25) is 0 Å². The number of hydrogen-bond acceptors (Lipinski definition) is 4. The molecule has 0 unspecified atom stereocenters. The van der Waals surface area contributed by atoms with Gasteiger partial charge in [-0.3, -0.25) is 4.79 Å². The van der Waals surface area contributed by atoms with Crippen LogP contribution in [0, 0.1) is 20.8 Å². The summed E-state index contributed by atoms with van der Waals surface area (Å²) in [6.45, 7) is 8.60. The summed E-state index contributed by atoms with van der Waals surface area (Å²) in [6.07, 6.45) is 2.06. The molecular formula is C14H20N4OS. The zero-order chi connectivity index (χ0) is 14.7. The zero-order valence-corrected chi connectivity index (χ0v) is 13.2. The smallest absolute Gasteiger partial charge is 0.263 e. The fraction of sp³-hybridized carbons (Fsp3) is 0.500. The van der Waals surface area contributed by atoms with Gasteiger partial charge < -0.3 is 5.32 Å². The van der Waals surface area contributed by atoms with E-state index in [1.807, 2.05) is 26.8 Å². The Balaban J connectivity index is 2.21. The van der Waals surface area contributed by atoms with Crippen LogP contribution in [0.3, 0.4) is 0 Å². The number of nitrogens with zero attached hydrogens (tertiary/aromatic N) is 3. The van der Waals surface area contributed by atoms with Crippen molar-refractivity contribution in [2.75, 3.05) is 6.54 Å². The Kier molecular flexibility index (Phi) is 4.54. The number of nitrogens with one attached hydrogen (secondary N) is 1. The lowest BCUT2D eigenvalue weighted by Gasteiger charge is -2.01. The standard InChI is InChI=1S/C14H20N4OS/c1-5-6-7-15-13(19)12-11(4)16-14(20-12)18-10(3)8-9(2)17-18/h8H,5-7H2,1-4H3,(H,15,19). The number of carbonyl (C=O) groups is 1. The summed E-state index contributed by atoms with van der Waals surface area (Å²) in [7, 11) is 0. The van der Waals surface area contributed by atoms with E-state index in [1.165, 1.54) is 11.3 Å². The fourth-order valence-electron chi connectivity index (χ4n) is 1.96. The highest BCUT2D eigenvalue weighted by atomic mass is 32.1. The lowest BCUT2D eigenvalue weighted by Crippen LogP contribution is -2.24. The first kappa shape index (κ1) is 14.7. The molecule has 0 spiro atoms. The highest BCUT2D eigenvalue weighted by Gasteiger charge is 2.17. The van der Waals surface area contributed by atoms with E-state index in [1.54, 1.807) is 4.68 Å². The third-order valence-electron chi connectivity index (χ3n) is 3.00. The van der Waals surface area contributed by atoms with Crippen molar-refractivity contribution in [2.45, 2.75) is 40.5 Å². The summed E-state index contributed by atoms with van der Waals surface area (Å²) < 4.78 is 1.79. The van der Waals surface area contributed by atoms with Gasteiger partial charge in [-0.1, -0.05) is 24.7 Å². The normalized spacial score (nSPS) is 10.8. The first-order chi connectivity index (χ1) is 9.52. The van der Waals surface area contributed by atoms with Crippen molar-refractivity contribution < 1.29 is 4.79 Å². The van der Waals surface area contributed by atoms with E-state index in [4.69, 9.17) is 0 Å². The second-order valence-corrected chi connectivity index (χ2v) is 5.84. The summed E-state index contributed by atoms with van der Waals surface area (Å²) in [5, 5.41) is 8.07. The molecule has 0 saturated heterocycles. The predicted molar refractivity (Wildman–Crippen MR) is 80.7 cm³/mol. The second-order valence-electron chi connectivity index (χ2n) is 4.86.